The number of methoxy groups -OCH3 is 2. The van der Waals surface area contributed by atoms with Crippen molar-refractivity contribution < 1.29 is 23.8 Å². The first-order valence-corrected chi connectivity index (χ1v) is 16.3. The van der Waals surface area contributed by atoms with Crippen LogP contribution in [0.1, 0.15) is 45.9 Å². The highest BCUT2D eigenvalue weighted by Crippen LogP contribution is 2.36. The number of carbonyl (C=O) groups excluding carboxylic acids is 2. The van der Waals surface area contributed by atoms with Crippen molar-refractivity contribution in [2.75, 3.05) is 53.7 Å². The van der Waals surface area contributed by atoms with E-state index >= 15 is 0 Å². The van der Waals surface area contributed by atoms with Gasteiger partial charge in [0.2, 0.25) is 5.88 Å². The number of hydrogen-bond donors (Lipinski definition) is 1. The van der Waals surface area contributed by atoms with Crippen LogP contribution < -0.4 is 10.1 Å². The van der Waals surface area contributed by atoms with Gasteiger partial charge < -0.3 is 24.4 Å². The minimum Gasteiger partial charge on any atom is -0.480 e. The highest BCUT2D eigenvalue weighted by atomic mass is 16.5. The Balaban J connectivity index is 1.29. The van der Waals surface area contributed by atoms with Crippen LogP contribution in [0.15, 0.2) is 72.9 Å². The zero-order valence-corrected chi connectivity index (χ0v) is 27.4. The molecule has 0 spiro atoms. The number of para-hydroxylation sites is 1. The SMILES string of the molecule is COCCN1C[C@@H](CC(=O)Cc2c(C)c(-c3cnc(OC)c(C(=O)N[C@H]4CCOC4)c3)nn2-c2ccccc2)[C@H](c2ccccc2)C1. The molecule has 2 saturated heterocycles. The lowest BCUT2D eigenvalue weighted by molar-refractivity contribution is -0.119. The van der Waals surface area contributed by atoms with Crippen LogP contribution in [0.5, 0.6) is 5.88 Å². The second-order valence-electron chi connectivity index (χ2n) is 12.4. The Morgan fingerprint density at radius 3 is 2.51 bits per heavy atom. The summed E-state index contributed by atoms with van der Waals surface area (Å²) in [6, 6.07) is 22.1. The number of aromatic nitrogens is 3. The topological polar surface area (TPSA) is 108 Å². The number of rotatable bonds is 13. The lowest BCUT2D eigenvalue weighted by atomic mass is 9.85. The van der Waals surface area contributed by atoms with Gasteiger partial charge in [-0.2, -0.15) is 5.10 Å². The van der Waals surface area contributed by atoms with Crippen molar-refractivity contribution in [3.8, 4) is 22.8 Å². The van der Waals surface area contributed by atoms with Crippen LogP contribution in [-0.4, -0.2) is 91.1 Å². The van der Waals surface area contributed by atoms with Crippen LogP contribution in [0, 0.1) is 12.8 Å². The van der Waals surface area contributed by atoms with Crippen LogP contribution >= 0.6 is 0 Å². The van der Waals surface area contributed by atoms with E-state index in [9.17, 15) is 9.59 Å². The van der Waals surface area contributed by atoms with Gasteiger partial charge in [-0.3, -0.25) is 9.59 Å². The first-order chi connectivity index (χ1) is 22.9. The molecule has 2 fully saturated rings. The Kier molecular flexibility index (Phi) is 10.4. The summed E-state index contributed by atoms with van der Waals surface area (Å²) < 4.78 is 18.1. The molecule has 1 N–H and O–H groups in total. The van der Waals surface area contributed by atoms with E-state index in [4.69, 9.17) is 19.3 Å². The summed E-state index contributed by atoms with van der Waals surface area (Å²) in [5.41, 5.74) is 5.50. The van der Waals surface area contributed by atoms with Crippen LogP contribution in [0.2, 0.25) is 0 Å². The molecule has 47 heavy (non-hydrogen) atoms. The highest BCUT2D eigenvalue weighted by molar-refractivity contribution is 5.97. The van der Waals surface area contributed by atoms with Gasteiger partial charge in [0.25, 0.3) is 5.91 Å². The number of ether oxygens (including phenoxy) is 3. The maximum atomic E-state index is 14.0. The average Bonchev–Trinajstić information content (AvgIpc) is 3.84. The standard InChI is InChI=1S/C37H43N5O5/c1-25-34(20-31(43)18-28-22-41(15-17-45-2)23-33(28)26-10-6-4-7-11-26)42(30-12-8-5-9-13-30)40-35(25)27-19-32(37(46-3)38-21-27)36(44)39-29-14-16-47-24-29/h4-13,19,21,28-29,33H,14-18,20,22-24H2,1-3H3,(H,39,44)/t28-,29+,33+/m1/s1. The Morgan fingerprint density at radius 2 is 1.81 bits per heavy atom. The minimum absolute atomic E-state index is 0.0547. The van der Waals surface area contributed by atoms with E-state index in [1.807, 2.05) is 48.0 Å². The Morgan fingerprint density at radius 1 is 1.04 bits per heavy atom. The predicted octanol–water partition coefficient (Wildman–Crippen LogP) is 4.63. The van der Waals surface area contributed by atoms with Gasteiger partial charge >= 0.3 is 0 Å². The first kappa shape index (κ1) is 32.6. The van der Waals surface area contributed by atoms with Crippen molar-refractivity contribution in [2.24, 2.45) is 5.92 Å². The largest absolute Gasteiger partial charge is 0.480 e. The molecular formula is C37H43N5O5. The molecule has 0 radical (unpaired) electrons. The number of nitrogens with zero attached hydrogens (tertiary/aromatic N) is 4. The molecule has 1 amide bonds. The molecule has 6 rings (SSSR count). The summed E-state index contributed by atoms with van der Waals surface area (Å²) in [4.78, 5) is 34.1. The van der Waals surface area contributed by atoms with E-state index < -0.39 is 0 Å². The number of hydrogen-bond acceptors (Lipinski definition) is 8. The molecular weight excluding hydrogens is 594 g/mol. The van der Waals surface area contributed by atoms with E-state index in [0.717, 1.165) is 43.0 Å². The second-order valence-corrected chi connectivity index (χ2v) is 12.4. The predicted molar refractivity (Wildman–Crippen MR) is 179 cm³/mol. The molecule has 10 heteroatoms. The summed E-state index contributed by atoms with van der Waals surface area (Å²) in [6.07, 6.45) is 3.14. The molecule has 2 aromatic heterocycles. The summed E-state index contributed by atoms with van der Waals surface area (Å²) >= 11 is 0. The van der Waals surface area contributed by atoms with Crippen LogP contribution in [0.25, 0.3) is 16.9 Å². The Labute approximate surface area is 276 Å². The van der Waals surface area contributed by atoms with Crippen molar-refractivity contribution in [3.63, 3.8) is 0 Å². The lowest BCUT2D eigenvalue weighted by Crippen LogP contribution is -2.35. The van der Waals surface area contributed by atoms with E-state index in [2.05, 4.69) is 39.5 Å². The number of benzene rings is 2. The maximum Gasteiger partial charge on any atom is 0.257 e. The third-order valence-corrected chi connectivity index (χ3v) is 9.28. The average molecular weight is 638 g/mol. The highest BCUT2D eigenvalue weighted by Gasteiger charge is 2.35. The Hall–Kier alpha value is -4.38. The number of carbonyl (C=O) groups is 2. The third-order valence-electron chi connectivity index (χ3n) is 9.28. The maximum absolute atomic E-state index is 14.0. The molecule has 246 valence electrons. The lowest BCUT2D eigenvalue weighted by Gasteiger charge is -2.18. The molecule has 2 aliphatic heterocycles. The number of ketones is 1. The van der Waals surface area contributed by atoms with Crippen LogP contribution in [-0.2, 0) is 20.7 Å². The molecule has 4 aromatic rings. The first-order valence-electron chi connectivity index (χ1n) is 16.3. The second kappa shape index (κ2) is 15.0. The summed E-state index contributed by atoms with van der Waals surface area (Å²) in [5, 5.41) is 8.04. The number of likely N-dealkylation sites (tertiary alicyclic amines) is 1. The molecule has 0 aliphatic carbocycles. The van der Waals surface area contributed by atoms with Gasteiger partial charge in [0.1, 0.15) is 11.3 Å². The number of nitrogens with one attached hydrogen (secondary N) is 1. The van der Waals surface area contributed by atoms with E-state index in [1.165, 1.54) is 12.7 Å². The third kappa shape index (κ3) is 7.45. The van der Waals surface area contributed by atoms with E-state index in [1.54, 1.807) is 19.4 Å². The molecule has 0 saturated carbocycles. The van der Waals surface area contributed by atoms with Gasteiger partial charge in [0.15, 0.2) is 0 Å². The zero-order valence-electron chi connectivity index (χ0n) is 27.4. The van der Waals surface area contributed by atoms with Gasteiger partial charge in [-0.25, -0.2) is 9.67 Å². The fourth-order valence-corrected chi connectivity index (χ4v) is 6.81. The van der Waals surface area contributed by atoms with Crippen molar-refractivity contribution in [1.29, 1.82) is 0 Å². The van der Waals surface area contributed by atoms with E-state index in [-0.39, 0.29) is 41.9 Å². The monoisotopic (exact) mass is 637 g/mol. The number of pyridine rings is 1. The van der Waals surface area contributed by atoms with Crippen LogP contribution in [0.3, 0.4) is 0 Å². The fourth-order valence-electron chi connectivity index (χ4n) is 6.81. The normalized spacial score (nSPS) is 19.6. The molecule has 2 aliphatic rings. The zero-order chi connectivity index (χ0) is 32.8. The van der Waals surface area contributed by atoms with Crippen molar-refractivity contribution in [3.05, 3.63) is 95.3 Å². The number of amides is 1. The van der Waals surface area contributed by atoms with Crippen LogP contribution in [0.4, 0.5) is 0 Å². The molecule has 2 aromatic carbocycles. The summed E-state index contributed by atoms with van der Waals surface area (Å²) in [5.74, 6) is 0.615. The molecule has 10 nitrogen and oxygen atoms in total. The van der Waals surface area contributed by atoms with Gasteiger partial charge in [-0.1, -0.05) is 48.5 Å². The molecule has 0 bridgehead atoms. The smallest absolute Gasteiger partial charge is 0.257 e. The summed E-state index contributed by atoms with van der Waals surface area (Å²) in [7, 11) is 3.22. The van der Waals surface area contributed by atoms with Gasteiger partial charge in [-0.05, 0) is 48.6 Å². The van der Waals surface area contributed by atoms with Crippen molar-refractivity contribution in [2.45, 2.75) is 38.1 Å². The number of Topliss-reactive ketones (excluding diaryl/α,β-unsaturated/α-hetero) is 1. The molecule has 4 heterocycles. The summed E-state index contributed by atoms with van der Waals surface area (Å²) in [6.45, 7) is 6.36. The van der Waals surface area contributed by atoms with Gasteiger partial charge in [0, 0.05) is 63.9 Å². The van der Waals surface area contributed by atoms with E-state index in [0.29, 0.717) is 43.1 Å². The quantitative estimate of drug-likeness (QED) is 0.226. The minimum atomic E-state index is -0.272. The molecule has 0 unspecified atom stereocenters. The van der Waals surface area contributed by atoms with Crippen molar-refractivity contribution >= 4 is 11.7 Å². The molecule has 3 atom stereocenters. The van der Waals surface area contributed by atoms with Crippen molar-refractivity contribution in [1.82, 2.24) is 25.0 Å². The fraction of sp³-hybridized carbons (Fsp3) is 0.405. The Bertz CT molecular complexity index is 1670. The van der Waals surface area contributed by atoms with Gasteiger partial charge in [0.05, 0.1) is 43.4 Å². The van der Waals surface area contributed by atoms with Gasteiger partial charge in [-0.15, -0.1) is 0 Å².